The fourth-order valence-electron chi connectivity index (χ4n) is 1.35. The zero-order chi connectivity index (χ0) is 9.80. The highest BCUT2D eigenvalue weighted by molar-refractivity contribution is 5.49. The minimum atomic E-state index is -0.184. The van der Waals surface area contributed by atoms with Crippen molar-refractivity contribution >= 4 is 6.40 Å². The third kappa shape index (κ3) is 1.58. The van der Waals surface area contributed by atoms with Gasteiger partial charge in [0.15, 0.2) is 12.6 Å². The van der Waals surface area contributed by atoms with Crippen molar-refractivity contribution in [1.29, 1.82) is 5.26 Å². The molecule has 0 saturated carbocycles. The van der Waals surface area contributed by atoms with E-state index < -0.39 is 0 Å². The van der Waals surface area contributed by atoms with Crippen molar-refractivity contribution in [1.82, 2.24) is 5.06 Å². The van der Waals surface area contributed by atoms with E-state index in [1.807, 2.05) is 36.4 Å². The van der Waals surface area contributed by atoms with Crippen molar-refractivity contribution in [2.24, 2.45) is 4.99 Å². The number of hydroxylamine groups is 2. The van der Waals surface area contributed by atoms with Gasteiger partial charge in [0.1, 0.15) is 6.54 Å². The van der Waals surface area contributed by atoms with Crippen molar-refractivity contribution < 1.29 is 4.84 Å². The lowest BCUT2D eigenvalue weighted by Crippen LogP contribution is -2.22. The van der Waals surface area contributed by atoms with Crippen LogP contribution in [0.1, 0.15) is 11.7 Å². The zero-order valence-corrected chi connectivity index (χ0v) is 7.50. The van der Waals surface area contributed by atoms with Gasteiger partial charge >= 0.3 is 0 Å². The SMILES string of the molecule is N#CCN1OC=NC1c1ccccc1. The van der Waals surface area contributed by atoms with Gasteiger partial charge in [0.05, 0.1) is 6.07 Å². The Morgan fingerprint density at radius 1 is 1.43 bits per heavy atom. The Morgan fingerprint density at radius 2 is 2.21 bits per heavy atom. The van der Waals surface area contributed by atoms with Gasteiger partial charge in [0.2, 0.25) is 0 Å². The Hall–Kier alpha value is -1.86. The summed E-state index contributed by atoms with van der Waals surface area (Å²) in [4.78, 5) is 9.21. The van der Waals surface area contributed by atoms with Gasteiger partial charge in [-0.2, -0.15) is 5.26 Å². The Kier molecular flexibility index (Phi) is 2.43. The maximum absolute atomic E-state index is 8.56. The van der Waals surface area contributed by atoms with Gasteiger partial charge in [-0.25, -0.2) is 4.99 Å². The second kappa shape index (κ2) is 3.90. The fourth-order valence-corrected chi connectivity index (χ4v) is 1.35. The van der Waals surface area contributed by atoms with E-state index in [4.69, 9.17) is 10.1 Å². The summed E-state index contributed by atoms with van der Waals surface area (Å²) < 4.78 is 0. The number of nitrogens with zero attached hydrogens (tertiary/aromatic N) is 3. The summed E-state index contributed by atoms with van der Waals surface area (Å²) >= 11 is 0. The lowest BCUT2D eigenvalue weighted by molar-refractivity contribution is -0.0671. The quantitative estimate of drug-likeness (QED) is 0.659. The van der Waals surface area contributed by atoms with Crippen LogP contribution in [0.25, 0.3) is 0 Å². The number of hydrogen-bond donors (Lipinski definition) is 0. The highest BCUT2D eigenvalue weighted by Gasteiger charge is 2.24. The molecule has 1 atom stereocenters. The van der Waals surface area contributed by atoms with Gasteiger partial charge < -0.3 is 4.84 Å². The van der Waals surface area contributed by atoms with Crippen molar-refractivity contribution in [3.63, 3.8) is 0 Å². The van der Waals surface area contributed by atoms with Crippen LogP contribution in [-0.2, 0) is 4.84 Å². The molecule has 1 aromatic rings. The Morgan fingerprint density at radius 3 is 2.93 bits per heavy atom. The Balaban J connectivity index is 2.18. The number of aliphatic imine (C=N–C) groups is 1. The second-order valence-corrected chi connectivity index (χ2v) is 2.88. The molecule has 0 amide bonds. The molecule has 4 nitrogen and oxygen atoms in total. The third-order valence-electron chi connectivity index (χ3n) is 1.98. The van der Waals surface area contributed by atoms with Crippen LogP contribution in [0.2, 0.25) is 0 Å². The largest absolute Gasteiger partial charge is 0.391 e. The molecule has 1 aliphatic rings. The van der Waals surface area contributed by atoms with Crippen molar-refractivity contribution in [3.8, 4) is 6.07 Å². The predicted octanol–water partition coefficient (Wildman–Crippen LogP) is 1.48. The zero-order valence-electron chi connectivity index (χ0n) is 7.50. The number of rotatable bonds is 2. The van der Waals surface area contributed by atoms with E-state index >= 15 is 0 Å². The topological polar surface area (TPSA) is 48.6 Å². The third-order valence-corrected chi connectivity index (χ3v) is 1.98. The molecule has 0 bridgehead atoms. The van der Waals surface area contributed by atoms with Gasteiger partial charge in [-0.1, -0.05) is 35.4 Å². The minimum absolute atomic E-state index is 0.184. The molecule has 1 aliphatic heterocycles. The highest BCUT2D eigenvalue weighted by Crippen LogP contribution is 2.24. The lowest BCUT2D eigenvalue weighted by atomic mass is 10.2. The first-order chi connectivity index (χ1) is 6.92. The maximum atomic E-state index is 8.56. The number of benzene rings is 1. The molecule has 1 aromatic carbocycles. The van der Waals surface area contributed by atoms with E-state index in [2.05, 4.69) is 4.99 Å². The summed E-state index contributed by atoms with van der Waals surface area (Å²) in [7, 11) is 0. The first-order valence-electron chi connectivity index (χ1n) is 4.29. The van der Waals surface area contributed by atoms with Gasteiger partial charge in [0.25, 0.3) is 0 Å². The summed E-state index contributed by atoms with van der Waals surface area (Å²) in [6, 6.07) is 11.8. The van der Waals surface area contributed by atoms with Gasteiger partial charge in [0, 0.05) is 0 Å². The molecule has 70 valence electrons. The smallest absolute Gasteiger partial charge is 0.198 e. The summed E-state index contributed by atoms with van der Waals surface area (Å²) in [6.45, 7) is 0.208. The van der Waals surface area contributed by atoms with Crippen LogP contribution in [0, 0.1) is 11.3 Å². The molecule has 0 spiro atoms. The lowest BCUT2D eigenvalue weighted by Gasteiger charge is -2.17. The average molecular weight is 187 g/mol. The molecule has 2 rings (SSSR count). The predicted molar refractivity (Wildman–Crippen MR) is 51.1 cm³/mol. The molecule has 0 N–H and O–H groups in total. The average Bonchev–Trinajstić information content (AvgIpc) is 2.68. The van der Waals surface area contributed by atoms with E-state index in [0.29, 0.717) is 0 Å². The van der Waals surface area contributed by atoms with Crippen LogP contribution in [0.5, 0.6) is 0 Å². The summed E-state index contributed by atoms with van der Waals surface area (Å²) in [5, 5.41) is 10.1. The first-order valence-corrected chi connectivity index (χ1v) is 4.29. The van der Waals surface area contributed by atoms with E-state index in [9.17, 15) is 0 Å². The molecule has 0 fully saturated rings. The van der Waals surface area contributed by atoms with Crippen LogP contribution in [-0.4, -0.2) is 18.0 Å². The van der Waals surface area contributed by atoms with E-state index in [1.54, 1.807) is 0 Å². The second-order valence-electron chi connectivity index (χ2n) is 2.88. The highest BCUT2D eigenvalue weighted by atomic mass is 16.7. The molecule has 1 heterocycles. The maximum Gasteiger partial charge on any atom is 0.198 e. The molecule has 1 unspecified atom stereocenters. The summed E-state index contributed by atoms with van der Waals surface area (Å²) in [6.07, 6.45) is 1.19. The monoisotopic (exact) mass is 187 g/mol. The van der Waals surface area contributed by atoms with Crippen molar-refractivity contribution in [2.45, 2.75) is 6.17 Å². The Bertz CT molecular complexity index is 369. The molecule has 0 saturated heterocycles. The van der Waals surface area contributed by atoms with E-state index in [1.165, 1.54) is 11.5 Å². The van der Waals surface area contributed by atoms with Crippen LogP contribution in [0.15, 0.2) is 35.3 Å². The van der Waals surface area contributed by atoms with E-state index in [-0.39, 0.29) is 12.7 Å². The summed E-state index contributed by atoms with van der Waals surface area (Å²) in [5.41, 5.74) is 1.02. The number of hydrogen-bond acceptors (Lipinski definition) is 4. The molecule has 0 radical (unpaired) electrons. The standard InChI is InChI=1S/C10H9N3O/c11-6-7-13-10(12-8-14-13)9-4-2-1-3-5-9/h1-5,8,10H,7H2. The van der Waals surface area contributed by atoms with Gasteiger partial charge in [-0.15, -0.1) is 0 Å². The Labute approximate surface area is 82.0 Å². The molecule has 0 aromatic heterocycles. The van der Waals surface area contributed by atoms with E-state index in [0.717, 1.165) is 5.56 Å². The van der Waals surface area contributed by atoms with Crippen LogP contribution < -0.4 is 0 Å². The normalized spacial score (nSPS) is 20.4. The molecule has 14 heavy (non-hydrogen) atoms. The molecular weight excluding hydrogens is 178 g/mol. The molecule has 0 aliphatic carbocycles. The fraction of sp³-hybridized carbons (Fsp3) is 0.200. The minimum Gasteiger partial charge on any atom is -0.391 e. The van der Waals surface area contributed by atoms with Crippen molar-refractivity contribution in [2.75, 3.05) is 6.54 Å². The van der Waals surface area contributed by atoms with Gasteiger partial charge in [-0.05, 0) is 5.56 Å². The first kappa shape index (κ1) is 8.73. The molecular formula is C10H9N3O. The number of nitriles is 1. The van der Waals surface area contributed by atoms with Gasteiger partial charge in [-0.3, -0.25) is 0 Å². The molecule has 4 heteroatoms. The van der Waals surface area contributed by atoms with Crippen LogP contribution >= 0.6 is 0 Å². The van der Waals surface area contributed by atoms with Crippen LogP contribution in [0.3, 0.4) is 0 Å². The van der Waals surface area contributed by atoms with Crippen LogP contribution in [0.4, 0.5) is 0 Å². The summed E-state index contributed by atoms with van der Waals surface area (Å²) in [5.74, 6) is 0. The van der Waals surface area contributed by atoms with Crippen molar-refractivity contribution in [3.05, 3.63) is 35.9 Å².